The first-order valence-electron chi connectivity index (χ1n) is 5.70. The van der Waals surface area contributed by atoms with Crippen LogP contribution in [-0.2, 0) is 11.2 Å². The molecule has 1 aliphatic rings. The molecule has 1 aromatic rings. The molecule has 1 amide bonds. The Balaban J connectivity index is 2.58. The van der Waals surface area contributed by atoms with Crippen molar-refractivity contribution in [3.05, 3.63) is 28.8 Å². The number of amides is 1. The highest BCUT2D eigenvalue weighted by atomic mass is 16.3. The monoisotopic (exact) mass is 219 g/mol. The molecule has 0 radical (unpaired) electrons. The molecule has 3 heteroatoms. The van der Waals surface area contributed by atoms with Crippen molar-refractivity contribution in [2.24, 2.45) is 0 Å². The van der Waals surface area contributed by atoms with Crippen LogP contribution in [0.3, 0.4) is 0 Å². The maximum Gasteiger partial charge on any atom is 0.231 e. The van der Waals surface area contributed by atoms with Gasteiger partial charge in [0, 0.05) is 5.69 Å². The number of anilines is 1. The summed E-state index contributed by atoms with van der Waals surface area (Å²) in [4.78, 5) is 11.6. The highest BCUT2D eigenvalue weighted by Gasteiger charge is 2.29. The predicted molar refractivity (Wildman–Crippen MR) is 63.5 cm³/mol. The SMILES string of the molecule is CCc1cc(C(C)O)cc2c1NC(=O)C2C. The Hall–Kier alpha value is -1.35. The maximum atomic E-state index is 11.6. The summed E-state index contributed by atoms with van der Waals surface area (Å²) in [5, 5.41) is 12.5. The molecule has 0 saturated heterocycles. The molecule has 1 heterocycles. The third-order valence-electron chi connectivity index (χ3n) is 3.24. The van der Waals surface area contributed by atoms with Crippen LogP contribution in [0.2, 0.25) is 0 Å². The lowest BCUT2D eigenvalue weighted by molar-refractivity contribution is -0.116. The van der Waals surface area contributed by atoms with Gasteiger partial charge >= 0.3 is 0 Å². The molecule has 0 aromatic heterocycles. The minimum absolute atomic E-state index is 0.0486. The van der Waals surface area contributed by atoms with E-state index in [2.05, 4.69) is 12.2 Å². The normalized spacial score (nSPS) is 20.5. The zero-order chi connectivity index (χ0) is 11.9. The summed E-state index contributed by atoms with van der Waals surface area (Å²) < 4.78 is 0. The van der Waals surface area contributed by atoms with Crippen molar-refractivity contribution < 1.29 is 9.90 Å². The summed E-state index contributed by atoms with van der Waals surface area (Å²) in [6, 6.07) is 3.91. The van der Waals surface area contributed by atoms with E-state index in [1.54, 1.807) is 6.92 Å². The van der Waals surface area contributed by atoms with Crippen molar-refractivity contribution in [1.82, 2.24) is 0 Å². The van der Waals surface area contributed by atoms with Crippen LogP contribution in [0.15, 0.2) is 12.1 Å². The van der Waals surface area contributed by atoms with Crippen molar-refractivity contribution in [3.8, 4) is 0 Å². The van der Waals surface area contributed by atoms with E-state index in [1.807, 2.05) is 19.1 Å². The molecule has 0 bridgehead atoms. The Morgan fingerprint density at radius 1 is 1.50 bits per heavy atom. The fraction of sp³-hybridized carbons (Fsp3) is 0.462. The number of aliphatic hydroxyl groups is 1. The molecule has 2 unspecified atom stereocenters. The van der Waals surface area contributed by atoms with Crippen molar-refractivity contribution in [1.29, 1.82) is 0 Å². The van der Waals surface area contributed by atoms with Crippen LogP contribution in [0.4, 0.5) is 5.69 Å². The number of fused-ring (bicyclic) bond motifs is 1. The Morgan fingerprint density at radius 2 is 2.19 bits per heavy atom. The van der Waals surface area contributed by atoms with E-state index in [9.17, 15) is 9.90 Å². The molecule has 86 valence electrons. The van der Waals surface area contributed by atoms with E-state index in [1.165, 1.54) is 0 Å². The minimum Gasteiger partial charge on any atom is -0.389 e. The number of rotatable bonds is 2. The third kappa shape index (κ3) is 1.61. The summed E-state index contributed by atoms with van der Waals surface area (Å²) in [7, 11) is 0. The van der Waals surface area contributed by atoms with Crippen molar-refractivity contribution in [2.75, 3.05) is 5.32 Å². The van der Waals surface area contributed by atoms with E-state index < -0.39 is 6.10 Å². The molecule has 0 saturated carbocycles. The first-order chi connectivity index (χ1) is 7.54. The molecular formula is C13H17NO2. The fourth-order valence-corrected chi connectivity index (χ4v) is 2.14. The van der Waals surface area contributed by atoms with E-state index in [0.29, 0.717) is 0 Å². The molecule has 1 aromatic carbocycles. The lowest BCUT2D eigenvalue weighted by Gasteiger charge is -2.12. The smallest absolute Gasteiger partial charge is 0.231 e. The second kappa shape index (κ2) is 3.91. The first-order valence-corrected chi connectivity index (χ1v) is 5.70. The average molecular weight is 219 g/mol. The van der Waals surface area contributed by atoms with Gasteiger partial charge in [0.25, 0.3) is 0 Å². The predicted octanol–water partition coefficient (Wildman–Crippen LogP) is 2.36. The highest BCUT2D eigenvalue weighted by Crippen LogP contribution is 2.37. The van der Waals surface area contributed by atoms with Gasteiger partial charge in [0.2, 0.25) is 5.91 Å². The molecule has 16 heavy (non-hydrogen) atoms. The topological polar surface area (TPSA) is 49.3 Å². The van der Waals surface area contributed by atoms with E-state index in [0.717, 1.165) is 28.8 Å². The van der Waals surface area contributed by atoms with Gasteiger partial charge in [0.1, 0.15) is 0 Å². The average Bonchev–Trinajstić information content (AvgIpc) is 2.54. The largest absolute Gasteiger partial charge is 0.389 e. The minimum atomic E-state index is -0.487. The number of hydrogen-bond donors (Lipinski definition) is 2. The summed E-state index contributed by atoms with van der Waals surface area (Å²) >= 11 is 0. The second-order valence-corrected chi connectivity index (χ2v) is 4.38. The Morgan fingerprint density at radius 3 is 2.75 bits per heavy atom. The molecule has 0 aliphatic carbocycles. The van der Waals surface area contributed by atoms with Gasteiger partial charge in [-0.15, -0.1) is 0 Å². The quantitative estimate of drug-likeness (QED) is 0.802. The number of aliphatic hydroxyl groups excluding tert-OH is 1. The van der Waals surface area contributed by atoms with Gasteiger partial charge in [-0.25, -0.2) is 0 Å². The van der Waals surface area contributed by atoms with Gasteiger partial charge < -0.3 is 10.4 Å². The second-order valence-electron chi connectivity index (χ2n) is 4.38. The van der Waals surface area contributed by atoms with Gasteiger partial charge in [-0.05, 0) is 37.0 Å². The number of hydrogen-bond acceptors (Lipinski definition) is 2. The summed E-state index contributed by atoms with van der Waals surface area (Å²) in [5.74, 6) is -0.0635. The molecule has 1 aliphatic heterocycles. The molecular weight excluding hydrogens is 202 g/mol. The fourth-order valence-electron chi connectivity index (χ4n) is 2.14. The van der Waals surface area contributed by atoms with Crippen LogP contribution in [0.1, 0.15) is 49.5 Å². The van der Waals surface area contributed by atoms with Crippen molar-refractivity contribution in [2.45, 2.75) is 39.2 Å². The number of carbonyl (C=O) groups excluding carboxylic acids is 1. The Labute approximate surface area is 95.5 Å². The zero-order valence-corrected chi connectivity index (χ0v) is 9.87. The van der Waals surface area contributed by atoms with Gasteiger partial charge in [-0.3, -0.25) is 4.79 Å². The maximum absolute atomic E-state index is 11.6. The van der Waals surface area contributed by atoms with E-state index in [-0.39, 0.29) is 11.8 Å². The highest BCUT2D eigenvalue weighted by molar-refractivity contribution is 6.03. The Bertz CT molecular complexity index is 438. The molecule has 0 spiro atoms. The molecule has 3 nitrogen and oxygen atoms in total. The number of carbonyl (C=O) groups is 1. The van der Waals surface area contributed by atoms with Crippen LogP contribution >= 0.6 is 0 Å². The molecule has 2 N–H and O–H groups in total. The lowest BCUT2D eigenvalue weighted by Crippen LogP contribution is -2.08. The van der Waals surface area contributed by atoms with E-state index >= 15 is 0 Å². The van der Waals surface area contributed by atoms with E-state index in [4.69, 9.17) is 0 Å². The molecule has 2 rings (SSSR count). The van der Waals surface area contributed by atoms with Crippen molar-refractivity contribution in [3.63, 3.8) is 0 Å². The first kappa shape index (κ1) is 11.1. The van der Waals surface area contributed by atoms with Crippen LogP contribution in [0.5, 0.6) is 0 Å². The number of aryl methyl sites for hydroxylation is 1. The van der Waals surface area contributed by atoms with Gasteiger partial charge in [-0.1, -0.05) is 19.1 Å². The van der Waals surface area contributed by atoms with Crippen LogP contribution < -0.4 is 5.32 Å². The number of benzene rings is 1. The summed E-state index contributed by atoms with van der Waals surface area (Å²) in [5.41, 5.74) is 3.95. The zero-order valence-electron chi connectivity index (χ0n) is 9.87. The van der Waals surface area contributed by atoms with Gasteiger partial charge in [0.15, 0.2) is 0 Å². The Kier molecular flexibility index (Phi) is 2.72. The number of nitrogens with one attached hydrogen (secondary N) is 1. The van der Waals surface area contributed by atoms with Gasteiger partial charge in [0.05, 0.1) is 12.0 Å². The lowest BCUT2D eigenvalue weighted by atomic mass is 9.94. The van der Waals surface area contributed by atoms with Crippen LogP contribution in [0, 0.1) is 0 Å². The van der Waals surface area contributed by atoms with Gasteiger partial charge in [-0.2, -0.15) is 0 Å². The van der Waals surface area contributed by atoms with Crippen LogP contribution in [-0.4, -0.2) is 11.0 Å². The summed E-state index contributed by atoms with van der Waals surface area (Å²) in [6.45, 7) is 5.69. The van der Waals surface area contributed by atoms with Crippen LogP contribution in [0.25, 0.3) is 0 Å². The van der Waals surface area contributed by atoms with Crippen molar-refractivity contribution >= 4 is 11.6 Å². The standard InChI is InChI=1S/C13H17NO2/c1-4-9-5-10(8(3)15)6-11-7(2)13(16)14-12(9)11/h5-8,15H,4H2,1-3H3,(H,14,16). The molecule has 2 atom stereocenters. The summed E-state index contributed by atoms with van der Waals surface area (Å²) in [6.07, 6.45) is 0.370. The molecule has 0 fully saturated rings. The third-order valence-corrected chi connectivity index (χ3v) is 3.24.